The Morgan fingerprint density at radius 1 is 1.69 bits per heavy atom. The molecular formula is C7H8ClN3OS. The van der Waals surface area contributed by atoms with Crippen LogP contribution >= 0.6 is 22.9 Å². The van der Waals surface area contributed by atoms with Gasteiger partial charge in [0.1, 0.15) is 0 Å². The Balaban J connectivity index is 2.72. The van der Waals surface area contributed by atoms with Gasteiger partial charge in [0, 0.05) is 0 Å². The highest BCUT2D eigenvalue weighted by Gasteiger charge is 2.01. The van der Waals surface area contributed by atoms with E-state index in [9.17, 15) is 4.79 Å². The molecule has 0 aliphatic heterocycles. The maximum Gasteiger partial charge on any atom is 0.332 e. The molecule has 1 aromatic rings. The summed E-state index contributed by atoms with van der Waals surface area (Å²) in [5.41, 5.74) is 7.66. The summed E-state index contributed by atoms with van der Waals surface area (Å²) in [5, 5.41) is 3.75. The monoisotopic (exact) mass is 217 g/mol. The van der Waals surface area contributed by atoms with E-state index in [2.05, 4.69) is 10.5 Å². The van der Waals surface area contributed by atoms with Crippen LogP contribution in [0.3, 0.4) is 0 Å². The van der Waals surface area contributed by atoms with Gasteiger partial charge in [-0.05, 0) is 19.1 Å². The Morgan fingerprint density at radius 3 is 2.85 bits per heavy atom. The van der Waals surface area contributed by atoms with E-state index in [1.807, 2.05) is 6.07 Å². The van der Waals surface area contributed by atoms with Crippen LogP contribution in [0.4, 0.5) is 4.79 Å². The first-order chi connectivity index (χ1) is 6.09. The average molecular weight is 218 g/mol. The first kappa shape index (κ1) is 10.0. The Labute approximate surface area is 84.4 Å². The zero-order chi connectivity index (χ0) is 9.84. The summed E-state index contributed by atoms with van der Waals surface area (Å²) in [4.78, 5) is 11.2. The van der Waals surface area contributed by atoms with Crippen LogP contribution in [0.5, 0.6) is 0 Å². The Bertz CT molecular complexity index is 347. The summed E-state index contributed by atoms with van der Waals surface area (Å²) < 4.78 is 0.684. The van der Waals surface area contributed by atoms with Crippen molar-refractivity contribution in [2.75, 3.05) is 0 Å². The number of thiophene rings is 1. The lowest BCUT2D eigenvalue weighted by Gasteiger charge is -1.95. The van der Waals surface area contributed by atoms with Gasteiger partial charge in [0.05, 0.1) is 14.9 Å². The second-order valence-electron chi connectivity index (χ2n) is 2.28. The van der Waals surface area contributed by atoms with E-state index in [0.29, 0.717) is 10.0 Å². The minimum absolute atomic E-state index is 0.677. The van der Waals surface area contributed by atoms with Crippen molar-refractivity contribution in [3.63, 3.8) is 0 Å². The molecule has 0 aliphatic carbocycles. The van der Waals surface area contributed by atoms with Gasteiger partial charge in [-0.25, -0.2) is 10.2 Å². The number of halogens is 1. The second kappa shape index (κ2) is 4.25. The number of hydrogen-bond acceptors (Lipinski definition) is 3. The number of hydrogen-bond donors (Lipinski definition) is 2. The van der Waals surface area contributed by atoms with E-state index >= 15 is 0 Å². The van der Waals surface area contributed by atoms with Crippen molar-refractivity contribution in [2.45, 2.75) is 6.92 Å². The molecule has 3 N–H and O–H groups in total. The van der Waals surface area contributed by atoms with E-state index < -0.39 is 6.03 Å². The topological polar surface area (TPSA) is 67.5 Å². The molecular weight excluding hydrogens is 210 g/mol. The van der Waals surface area contributed by atoms with Crippen molar-refractivity contribution in [3.05, 3.63) is 21.3 Å². The Kier molecular flexibility index (Phi) is 3.27. The summed E-state index contributed by atoms with van der Waals surface area (Å²) in [6.45, 7) is 1.76. The first-order valence-electron chi connectivity index (χ1n) is 3.45. The number of nitrogens with zero attached hydrogens (tertiary/aromatic N) is 1. The molecule has 0 unspecified atom stereocenters. The van der Waals surface area contributed by atoms with Gasteiger partial charge in [0.15, 0.2) is 0 Å². The molecule has 4 nitrogen and oxygen atoms in total. The second-order valence-corrected chi connectivity index (χ2v) is 3.99. The van der Waals surface area contributed by atoms with Gasteiger partial charge in [-0.1, -0.05) is 11.6 Å². The van der Waals surface area contributed by atoms with Crippen molar-refractivity contribution >= 4 is 34.7 Å². The molecule has 0 saturated carbocycles. The third-order valence-electron chi connectivity index (χ3n) is 1.26. The number of carbonyl (C=O) groups excluding carboxylic acids is 1. The number of urea groups is 1. The zero-order valence-corrected chi connectivity index (χ0v) is 8.45. The third-order valence-corrected chi connectivity index (χ3v) is 2.60. The summed E-state index contributed by atoms with van der Waals surface area (Å²) in [5.74, 6) is 0. The molecule has 0 fully saturated rings. The zero-order valence-electron chi connectivity index (χ0n) is 6.87. The maximum atomic E-state index is 10.3. The van der Waals surface area contributed by atoms with Gasteiger partial charge >= 0.3 is 6.03 Å². The summed E-state index contributed by atoms with van der Waals surface area (Å²) >= 11 is 7.11. The standard InChI is InChI=1S/C7H8ClN3OS/c1-4(10-11-7(9)12)5-2-3-6(8)13-5/h2-3H,1H3,(H3,9,11,12)/b10-4-. The molecule has 1 heterocycles. The average Bonchev–Trinajstić information content (AvgIpc) is 2.47. The summed E-state index contributed by atoms with van der Waals surface area (Å²) in [7, 11) is 0. The lowest BCUT2D eigenvalue weighted by Crippen LogP contribution is -2.25. The van der Waals surface area contributed by atoms with Gasteiger partial charge in [-0.15, -0.1) is 11.3 Å². The van der Waals surface area contributed by atoms with Crippen LogP contribution in [0.2, 0.25) is 4.34 Å². The number of primary amides is 1. The van der Waals surface area contributed by atoms with Crippen molar-refractivity contribution in [1.82, 2.24) is 5.43 Å². The summed E-state index contributed by atoms with van der Waals surface area (Å²) in [6, 6.07) is 2.92. The fraction of sp³-hybridized carbons (Fsp3) is 0.143. The largest absolute Gasteiger partial charge is 0.350 e. The van der Waals surface area contributed by atoms with E-state index in [-0.39, 0.29) is 0 Å². The molecule has 13 heavy (non-hydrogen) atoms. The maximum absolute atomic E-state index is 10.3. The molecule has 1 rings (SSSR count). The molecule has 0 radical (unpaired) electrons. The quantitative estimate of drug-likeness (QED) is 0.576. The lowest BCUT2D eigenvalue weighted by molar-refractivity contribution is 0.249. The van der Waals surface area contributed by atoms with Crippen LogP contribution in [-0.4, -0.2) is 11.7 Å². The van der Waals surface area contributed by atoms with Crippen LogP contribution in [0.1, 0.15) is 11.8 Å². The van der Waals surface area contributed by atoms with E-state index in [1.165, 1.54) is 11.3 Å². The Hall–Kier alpha value is -1.07. The molecule has 0 saturated heterocycles. The normalized spacial score (nSPS) is 11.4. The predicted octanol–water partition coefficient (Wildman–Crippen LogP) is 1.79. The van der Waals surface area contributed by atoms with Gasteiger partial charge < -0.3 is 5.73 Å². The molecule has 0 spiro atoms. The van der Waals surface area contributed by atoms with Crippen LogP contribution in [0, 0.1) is 0 Å². The van der Waals surface area contributed by atoms with E-state index in [0.717, 1.165) is 4.88 Å². The molecule has 0 aliphatic rings. The van der Waals surface area contributed by atoms with Crippen molar-refractivity contribution in [3.8, 4) is 0 Å². The molecule has 2 amide bonds. The van der Waals surface area contributed by atoms with Gasteiger partial charge in [0.2, 0.25) is 0 Å². The molecule has 6 heteroatoms. The minimum Gasteiger partial charge on any atom is -0.350 e. The van der Waals surface area contributed by atoms with Gasteiger partial charge in [0.25, 0.3) is 0 Å². The third kappa shape index (κ3) is 3.04. The fourth-order valence-electron chi connectivity index (χ4n) is 0.703. The van der Waals surface area contributed by atoms with Crippen molar-refractivity contribution < 1.29 is 4.79 Å². The highest BCUT2D eigenvalue weighted by molar-refractivity contribution is 7.18. The number of carbonyl (C=O) groups is 1. The highest BCUT2D eigenvalue weighted by atomic mass is 35.5. The molecule has 70 valence electrons. The first-order valence-corrected chi connectivity index (χ1v) is 4.64. The van der Waals surface area contributed by atoms with Crippen LogP contribution in [0.15, 0.2) is 17.2 Å². The van der Waals surface area contributed by atoms with Crippen molar-refractivity contribution in [1.29, 1.82) is 0 Å². The van der Waals surface area contributed by atoms with Crippen molar-refractivity contribution in [2.24, 2.45) is 10.8 Å². The molecule has 0 aromatic carbocycles. The minimum atomic E-state index is -0.679. The van der Waals surface area contributed by atoms with Crippen LogP contribution in [-0.2, 0) is 0 Å². The molecule has 0 atom stereocenters. The number of rotatable bonds is 2. The smallest absolute Gasteiger partial charge is 0.332 e. The number of nitrogens with one attached hydrogen (secondary N) is 1. The van der Waals surface area contributed by atoms with Crippen LogP contribution < -0.4 is 11.2 Å². The van der Waals surface area contributed by atoms with Crippen LogP contribution in [0.25, 0.3) is 0 Å². The fourth-order valence-corrected chi connectivity index (χ4v) is 1.69. The van der Waals surface area contributed by atoms with E-state index in [1.54, 1.807) is 13.0 Å². The summed E-state index contributed by atoms with van der Waals surface area (Å²) in [6.07, 6.45) is 0. The number of amides is 2. The molecule has 1 aromatic heterocycles. The predicted molar refractivity (Wildman–Crippen MR) is 54.3 cm³/mol. The van der Waals surface area contributed by atoms with Gasteiger partial charge in [-0.2, -0.15) is 5.10 Å². The Morgan fingerprint density at radius 2 is 2.38 bits per heavy atom. The highest BCUT2D eigenvalue weighted by Crippen LogP contribution is 2.21. The SMILES string of the molecule is C/C(=N/NC(N)=O)c1ccc(Cl)s1. The van der Waals surface area contributed by atoms with Gasteiger partial charge in [-0.3, -0.25) is 0 Å². The van der Waals surface area contributed by atoms with E-state index in [4.69, 9.17) is 17.3 Å². The number of hydrazone groups is 1. The number of nitrogens with two attached hydrogens (primary N) is 1. The molecule has 0 bridgehead atoms. The lowest BCUT2D eigenvalue weighted by atomic mass is 10.3.